The SMILES string of the molecule is CC(C)(C)Oc1ccc(CNC(=O)c2n[nH]nc2C2CC2)cc1. The Balaban J connectivity index is 1.57. The summed E-state index contributed by atoms with van der Waals surface area (Å²) >= 11 is 0. The summed E-state index contributed by atoms with van der Waals surface area (Å²) in [7, 11) is 0. The summed E-state index contributed by atoms with van der Waals surface area (Å²) < 4.78 is 5.78. The maximum absolute atomic E-state index is 12.2. The Bertz CT molecular complexity index is 681. The van der Waals surface area contributed by atoms with E-state index in [0.29, 0.717) is 18.2 Å². The van der Waals surface area contributed by atoms with E-state index in [4.69, 9.17) is 4.74 Å². The molecule has 1 heterocycles. The van der Waals surface area contributed by atoms with Crippen LogP contribution in [-0.2, 0) is 6.54 Å². The standard InChI is InChI=1S/C17H22N4O2/c1-17(2,3)23-13-8-4-11(5-9-13)10-18-16(22)15-14(12-6-7-12)19-21-20-15/h4-5,8-9,12H,6-7,10H2,1-3H3,(H,18,22)(H,19,20,21). The molecule has 3 rings (SSSR count). The molecule has 0 aliphatic heterocycles. The van der Waals surface area contributed by atoms with Crippen molar-refractivity contribution in [3.63, 3.8) is 0 Å². The number of ether oxygens (including phenoxy) is 1. The molecule has 0 atom stereocenters. The van der Waals surface area contributed by atoms with Crippen LogP contribution in [0, 0.1) is 0 Å². The molecule has 1 fully saturated rings. The van der Waals surface area contributed by atoms with Gasteiger partial charge in [-0.25, -0.2) is 0 Å². The molecule has 0 radical (unpaired) electrons. The minimum absolute atomic E-state index is 0.185. The van der Waals surface area contributed by atoms with E-state index in [2.05, 4.69) is 20.7 Å². The summed E-state index contributed by atoms with van der Waals surface area (Å²) in [6.45, 7) is 6.48. The first kappa shape index (κ1) is 15.5. The first-order chi connectivity index (χ1) is 10.9. The van der Waals surface area contributed by atoms with Gasteiger partial charge in [0.1, 0.15) is 11.4 Å². The number of nitrogens with zero attached hydrogens (tertiary/aromatic N) is 2. The number of nitrogens with one attached hydrogen (secondary N) is 2. The summed E-state index contributed by atoms with van der Waals surface area (Å²) in [5, 5.41) is 13.5. The van der Waals surface area contributed by atoms with E-state index in [0.717, 1.165) is 29.8 Å². The van der Waals surface area contributed by atoms with E-state index in [9.17, 15) is 4.79 Å². The summed E-state index contributed by atoms with van der Waals surface area (Å²) in [6, 6.07) is 7.73. The summed E-state index contributed by atoms with van der Waals surface area (Å²) in [5.74, 6) is 1.03. The summed E-state index contributed by atoms with van der Waals surface area (Å²) in [4.78, 5) is 12.2. The van der Waals surface area contributed by atoms with Crippen LogP contribution in [0.1, 0.15) is 61.3 Å². The quantitative estimate of drug-likeness (QED) is 0.889. The highest BCUT2D eigenvalue weighted by atomic mass is 16.5. The van der Waals surface area contributed by atoms with Gasteiger partial charge >= 0.3 is 0 Å². The van der Waals surface area contributed by atoms with E-state index < -0.39 is 0 Å². The molecule has 2 aromatic rings. The minimum atomic E-state index is -0.220. The number of hydrogen-bond acceptors (Lipinski definition) is 4. The Hall–Kier alpha value is -2.37. The van der Waals surface area contributed by atoms with Gasteiger partial charge < -0.3 is 10.1 Å². The number of rotatable bonds is 5. The second-order valence-electron chi connectivity index (χ2n) is 6.87. The molecule has 0 unspecified atom stereocenters. The van der Waals surface area contributed by atoms with Gasteiger partial charge in [0, 0.05) is 12.5 Å². The number of hydrogen-bond donors (Lipinski definition) is 2. The van der Waals surface area contributed by atoms with Crippen molar-refractivity contribution in [2.24, 2.45) is 0 Å². The van der Waals surface area contributed by atoms with Crippen LogP contribution >= 0.6 is 0 Å². The zero-order chi connectivity index (χ0) is 16.4. The molecule has 0 bridgehead atoms. The first-order valence-corrected chi connectivity index (χ1v) is 7.89. The molecule has 6 heteroatoms. The van der Waals surface area contributed by atoms with Gasteiger partial charge in [-0.05, 0) is 51.3 Å². The number of amides is 1. The third-order valence-electron chi connectivity index (χ3n) is 3.55. The van der Waals surface area contributed by atoms with Crippen LogP contribution in [0.25, 0.3) is 0 Å². The lowest BCUT2D eigenvalue weighted by atomic mass is 10.1. The van der Waals surface area contributed by atoms with E-state index in [1.807, 2.05) is 45.0 Å². The van der Waals surface area contributed by atoms with Crippen LogP contribution in [0.3, 0.4) is 0 Å². The lowest BCUT2D eigenvalue weighted by molar-refractivity contribution is 0.0945. The molecule has 0 spiro atoms. The first-order valence-electron chi connectivity index (χ1n) is 7.89. The van der Waals surface area contributed by atoms with Gasteiger partial charge in [-0.2, -0.15) is 15.4 Å². The summed E-state index contributed by atoms with van der Waals surface area (Å²) in [5.41, 5.74) is 2.00. The molecular formula is C17H22N4O2. The van der Waals surface area contributed by atoms with E-state index >= 15 is 0 Å². The Labute approximate surface area is 135 Å². The molecule has 6 nitrogen and oxygen atoms in total. The average Bonchev–Trinajstić information content (AvgIpc) is 3.21. The van der Waals surface area contributed by atoms with Crippen LogP contribution in [0.2, 0.25) is 0 Å². The maximum atomic E-state index is 12.2. The van der Waals surface area contributed by atoms with Crippen LogP contribution in [0.15, 0.2) is 24.3 Å². The monoisotopic (exact) mass is 314 g/mol. The highest BCUT2D eigenvalue weighted by Crippen LogP contribution is 2.39. The Morgan fingerprint density at radius 1 is 1.26 bits per heavy atom. The van der Waals surface area contributed by atoms with Gasteiger partial charge in [-0.1, -0.05) is 12.1 Å². The van der Waals surface area contributed by atoms with Crippen molar-refractivity contribution < 1.29 is 9.53 Å². The van der Waals surface area contributed by atoms with Crippen molar-refractivity contribution in [2.75, 3.05) is 0 Å². The van der Waals surface area contributed by atoms with Crippen LogP contribution < -0.4 is 10.1 Å². The highest BCUT2D eigenvalue weighted by molar-refractivity contribution is 5.93. The molecule has 23 heavy (non-hydrogen) atoms. The van der Waals surface area contributed by atoms with E-state index in [1.165, 1.54) is 0 Å². The fourth-order valence-electron chi connectivity index (χ4n) is 2.34. The third-order valence-corrected chi connectivity index (χ3v) is 3.55. The van der Waals surface area contributed by atoms with Gasteiger partial charge in [0.05, 0.1) is 5.69 Å². The summed E-state index contributed by atoms with van der Waals surface area (Å²) in [6.07, 6.45) is 2.17. The van der Waals surface area contributed by atoms with Crippen LogP contribution in [0.5, 0.6) is 5.75 Å². The van der Waals surface area contributed by atoms with Gasteiger partial charge in [0.2, 0.25) is 0 Å². The average molecular weight is 314 g/mol. The van der Waals surface area contributed by atoms with Crippen molar-refractivity contribution >= 4 is 5.91 Å². The topological polar surface area (TPSA) is 79.9 Å². The van der Waals surface area contributed by atoms with Crippen molar-refractivity contribution in [1.29, 1.82) is 0 Å². The molecule has 1 saturated carbocycles. The number of H-pyrrole nitrogens is 1. The molecule has 122 valence electrons. The van der Waals surface area contributed by atoms with Crippen molar-refractivity contribution in [2.45, 2.75) is 51.7 Å². The fraction of sp³-hybridized carbons (Fsp3) is 0.471. The lowest BCUT2D eigenvalue weighted by Gasteiger charge is -2.21. The lowest BCUT2D eigenvalue weighted by Crippen LogP contribution is -2.24. The largest absolute Gasteiger partial charge is 0.488 e. The van der Waals surface area contributed by atoms with E-state index in [-0.39, 0.29) is 11.5 Å². The Morgan fingerprint density at radius 2 is 1.96 bits per heavy atom. The number of aromatic amines is 1. The van der Waals surface area contributed by atoms with Crippen molar-refractivity contribution in [3.05, 3.63) is 41.2 Å². The molecule has 1 aromatic carbocycles. The Kier molecular flexibility index (Phi) is 4.07. The fourth-order valence-corrected chi connectivity index (χ4v) is 2.34. The predicted octanol–water partition coefficient (Wildman–Crippen LogP) is 2.79. The second-order valence-corrected chi connectivity index (χ2v) is 6.87. The second kappa shape index (κ2) is 6.02. The normalized spacial score (nSPS) is 14.6. The highest BCUT2D eigenvalue weighted by Gasteiger charge is 2.31. The van der Waals surface area contributed by atoms with Crippen LogP contribution in [0.4, 0.5) is 0 Å². The van der Waals surface area contributed by atoms with Crippen molar-refractivity contribution in [1.82, 2.24) is 20.7 Å². The molecular weight excluding hydrogens is 292 g/mol. The maximum Gasteiger partial charge on any atom is 0.274 e. The van der Waals surface area contributed by atoms with Gasteiger partial charge in [0.25, 0.3) is 5.91 Å². The molecule has 1 amide bonds. The van der Waals surface area contributed by atoms with Crippen molar-refractivity contribution in [3.8, 4) is 5.75 Å². The minimum Gasteiger partial charge on any atom is -0.488 e. The van der Waals surface area contributed by atoms with Gasteiger partial charge in [0.15, 0.2) is 5.69 Å². The molecule has 1 aromatic heterocycles. The number of benzene rings is 1. The Morgan fingerprint density at radius 3 is 2.57 bits per heavy atom. The number of carbonyl (C=O) groups excluding carboxylic acids is 1. The molecule has 1 aliphatic carbocycles. The third kappa shape index (κ3) is 4.09. The van der Waals surface area contributed by atoms with Gasteiger partial charge in [-0.15, -0.1) is 0 Å². The zero-order valence-electron chi connectivity index (χ0n) is 13.7. The van der Waals surface area contributed by atoms with E-state index in [1.54, 1.807) is 0 Å². The predicted molar refractivity (Wildman–Crippen MR) is 86.4 cm³/mol. The molecule has 2 N–H and O–H groups in total. The smallest absolute Gasteiger partial charge is 0.274 e. The molecule has 1 aliphatic rings. The van der Waals surface area contributed by atoms with Crippen LogP contribution in [-0.4, -0.2) is 26.9 Å². The molecule has 0 saturated heterocycles. The van der Waals surface area contributed by atoms with Gasteiger partial charge in [-0.3, -0.25) is 4.79 Å². The number of aromatic nitrogens is 3. The number of carbonyl (C=O) groups is 1. The zero-order valence-corrected chi connectivity index (χ0v) is 13.7.